The van der Waals surface area contributed by atoms with Gasteiger partial charge < -0.3 is 14.6 Å². The van der Waals surface area contributed by atoms with Crippen molar-refractivity contribution in [2.75, 3.05) is 7.11 Å². The lowest BCUT2D eigenvalue weighted by Crippen LogP contribution is -2.23. The fourth-order valence-electron chi connectivity index (χ4n) is 3.37. The number of rotatable bonds is 6. The van der Waals surface area contributed by atoms with Crippen molar-refractivity contribution in [3.63, 3.8) is 0 Å². The van der Waals surface area contributed by atoms with E-state index in [0.29, 0.717) is 12.1 Å². The third-order valence-electron chi connectivity index (χ3n) is 4.98. The van der Waals surface area contributed by atoms with E-state index in [9.17, 15) is 14.9 Å². The second-order valence-corrected chi connectivity index (χ2v) is 7.04. The van der Waals surface area contributed by atoms with E-state index in [-0.39, 0.29) is 5.57 Å². The van der Waals surface area contributed by atoms with Crippen molar-refractivity contribution < 1.29 is 14.3 Å². The van der Waals surface area contributed by atoms with Crippen molar-refractivity contribution in [1.29, 1.82) is 5.26 Å². The summed E-state index contributed by atoms with van der Waals surface area (Å²) < 4.78 is 6.74. The largest absolute Gasteiger partial charge is 0.465 e. The number of hydrogen-bond acceptors (Lipinski definition) is 4. The lowest BCUT2D eigenvalue weighted by atomic mass is 10.1. The van der Waals surface area contributed by atoms with Crippen LogP contribution in [0, 0.1) is 25.2 Å². The number of nitrogens with one attached hydrogen (secondary N) is 1. The first-order chi connectivity index (χ1) is 14.9. The van der Waals surface area contributed by atoms with Crippen LogP contribution >= 0.6 is 0 Å². The van der Waals surface area contributed by atoms with Gasteiger partial charge in [-0.2, -0.15) is 5.26 Å². The number of aryl methyl sites for hydroxylation is 1. The summed E-state index contributed by atoms with van der Waals surface area (Å²) in [6.07, 6.45) is 1.60. The molecule has 1 N–H and O–H groups in total. The third kappa shape index (κ3) is 4.90. The minimum Gasteiger partial charge on any atom is -0.465 e. The van der Waals surface area contributed by atoms with Crippen molar-refractivity contribution in [3.05, 3.63) is 94.3 Å². The molecule has 31 heavy (non-hydrogen) atoms. The van der Waals surface area contributed by atoms with Gasteiger partial charge in [-0.1, -0.05) is 30.3 Å². The zero-order valence-electron chi connectivity index (χ0n) is 17.7. The second kappa shape index (κ2) is 9.59. The number of ether oxygens (including phenoxy) is 1. The Kier molecular flexibility index (Phi) is 6.68. The topological polar surface area (TPSA) is 84.1 Å². The normalized spacial score (nSPS) is 11.0. The molecular formula is C25H23N3O3. The van der Waals surface area contributed by atoms with Gasteiger partial charge in [-0.15, -0.1) is 0 Å². The number of benzene rings is 2. The Morgan fingerprint density at radius 2 is 1.77 bits per heavy atom. The molecule has 1 aromatic heterocycles. The van der Waals surface area contributed by atoms with Crippen LogP contribution in [0.15, 0.2) is 66.2 Å². The highest BCUT2D eigenvalue weighted by Crippen LogP contribution is 2.23. The van der Waals surface area contributed by atoms with Crippen LogP contribution in [0.5, 0.6) is 0 Å². The number of nitrogens with zero attached hydrogens (tertiary/aromatic N) is 2. The smallest absolute Gasteiger partial charge is 0.337 e. The SMILES string of the molecule is COC(=O)c1ccc(-n2c(C)cc(/C=C(\C#N)C(=O)NCc3ccccc3)c2C)cc1. The van der Waals surface area contributed by atoms with Crippen LogP contribution in [0.4, 0.5) is 0 Å². The van der Waals surface area contributed by atoms with E-state index < -0.39 is 11.9 Å². The van der Waals surface area contributed by atoms with Crippen molar-refractivity contribution in [3.8, 4) is 11.8 Å². The number of hydrogen-bond donors (Lipinski definition) is 1. The van der Waals surface area contributed by atoms with Gasteiger partial charge in [0.2, 0.25) is 0 Å². The Balaban J connectivity index is 1.84. The minimum atomic E-state index is -0.418. The number of methoxy groups -OCH3 is 1. The summed E-state index contributed by atoms with van der Waals surface area (Å²) in [6.45, 7) is 4.22. The number of nitriles is 1. The lowest BCUT2D eigenvalue weighted by Gasteiger charge is -2.10. The molecule has 0 bridgehead atoms. The van der Waals surface area contributed by atoms with Crippen LogP contribution in [-0.4, -0.2) is 23.6 Å². The second-order valence-electron chi connectivity index (χ2n) is 7.04. The van der Waals surface area contributed by atoms with Gasteiger partial charge >= 0.3 is 5.97 Å². The molecule has 2 aromatic carbocycles. The highest BCUT2D eigenvalue weighted by Gasteiger charge is 2.14. The molecule has 1 amide bonds. The van der Waals surface area contributed by atoms with Crippen LogP contribution in [-0.2, 0) is 16.1 Å². The summed E-state index contributed by atoms with van der Waals surface area (Å²) >= 11 is 0. The maximum Gasteiger partial charge on any atom is 0.337 e. The predicted octanol–water partition coefficient (Wildman–Crippen LogP) is 4.10. The summed E-state index contributed by atoms with van der Waals surface area (Å²) in [7, 11) is 1.35. The van der Waals surface area contributed by atoms with E-state index in [2.05, 4.69) is 5.32 Å². The first kappa shape index (κ1) is 21.6. The molecule has 0 aliphatic rings. The molecule has 0 aliphatic carbocycles. The van der Waals surface area contributed by atoms with Crippen molar-refractivity contribution in [1.82, 2.24) is 9.88 Å². The molecule has 0 aliphatic heterocycles. The van der Waals surface area contributed by atoms with Gasteiger partial charge in [-0.25, -0.2) is 4.79 Å². The molecule has 0 atom stereocenters. The third-order valence-corrected chi connectivity index (χ3v) is 4.98. The number of carbonyl (C=O) groups is 2. The molecule has 0 saturated heterocycles. The van der Waals surface area contributed by atoms with Crippen LogP contribution in [0.3, 0.4) is 0 Å². The average molecular weight is 413 g/mol. The van der Waals surface area contributed by atoms with Crippen LogP contribution in [0.25, 0.3) is 11.8 Å². The minimum absolute atomic E-state index is 0.0391. The van der Waals surface area contributed by atoms with Crippen LogP contribution in [0.1, 0.15) is 32.9 Å². The first-order valence-electron chi connectivity index (χ1n) is 9.76. The van der Waals surface area contributed by atoms with Crippen LogP contribution in [0.2, 0.25) is 0 Å². The van der Waals surface area contributed by atoms with Crippen LogP contribution < -0.4 is 5.32 Å². The molecule has 3 aromatic rings. The van der Waals surface area contributed by atoms with Gasteiger partial charge in [-0.3, -0.25) is 4.79 Å². The summed E-state index contributed by atoms with van der Waals surface area (Å²) in [5.41, 5.74) is 4.94. The molecule has 0 radical (unpaired) electrons. The summed E-state index contributed by atoms with van der Waals surface area (Å²) in [4.78, 5) is 24.2. The molecule has 0 fully saturated rings. The van der Waals surface area contributed by atoms with Crippen molar-refractivity contribution >= 4 is 18.0 Å². The zero-order valence-corrected chi connectivity index (χ0v) is 17.7. The Bertz CT molecular complexity index is 1170. The average Bonchev–Trinajstić information content (AvgIpc) is 3.08. The van der Waals surface area contributed by atoms with Crippen molar-refractivity contribution in [2.45, 2.75) is 20.4 Å². The molecule has 156 valence electrons. The Morgan fingerprint density at radius 3 is 2.39 bits per heavy atom. The molecule has 6 heteroatoms. The summed E-state index contributed by atoms with van der Waals surface area (Å²) in [5.74, 6) is -0.810. The molecule has 1 heterocycles. The van der Waals surface area contributed by atoms with Gasteiger partial charge in [0.15, 0.2) is 0 Å². The zero-order chi connectivity index (χ0) is 22.4. The predicted molar refractivity (Wildman–Crippen MR) is 118 cm³/mol. The van der Waals surface area contributed by atoms with Gasteiger partial charge in [-0.05, 0) is 61.4 Å². The fraction of sp³-hybridized carbons (Fsp3) is 0.160. The number of amides is 1. The Morgan fingerprint density at radius 1 is 1.10 bits per heavy atom. The van der Waals surface area contributed by atoms with E-state index >= 15 is 0 Å². The highest BCUT2D eigenvalue weighted by atomic mass is 16.5. The number of aromatic nitrogens is 1. The Hall–Kier alpha value is -4.11. The quantitative estimate of drug-likeness (QED) is 0.375. The molecule has 6 nitrogen and oxygen atoms in total. The molecule has 3 rings (SSSR count). The number of esters is 1. The first-order valence-corrected chi connectivity index (χ1v) is 9.76. The van der Waals surface area contributed by atoms with E-state index in [0.717, 1.165) is 28.2 Å². The fourth-order valence-corrected chi connectivity index (χ4v) is 3.37. The van der Waals surface area contributed by atoms with E-state index in [4.69, 9.17) is 4.74 Å². The highest BCUT2D eigenvalue weighted by molar-refractivity contribution is 6.01. The van der Waals surface area contributed by atoms with Gasteiger partial charge in [0.05, 0.1) is 12.7 Å². The maximum absolute atomic E-state index is 12.5. The van der Waals surface area contributed by atoms with E-state index in [1.165, 1.54) is 7.11 Å². The standard InChI is InChI=1S/C25H23N3O3/c1-17-13-21(14-22(15-26)24(29)27-16-19-7-5-4-6-8-19)18(2)28(17)23-11-9-20(10-12-23)25(30)31-3/h4-14H,16H2,1-3H3,(H,27,29)/b22-14+. The maximum atomic E-state index is 12.5. The van der Waals surface area contributed by atoms with Crippen molar-refractivity contribution in [2.24, 2.45) is 0 Å². The Labute approximate surface area is 181 Å². The van der Waals surface area contributed by atoms with E-state index in [1.54, 1.807) is 18.2 Å². The van der Waals surface area contributed by atoms with Gasteiger partial charge in [0.25, 0.3) is 5.91 Å². The van der Waals surface area contributed by atoms with Gasteiger partial charge in [0.1, 0.15) is 11.6 Å². The lowest BCUT2D eigenvalue weighted by molar-refractivity contribution is -0.117. The van der Waals surface area contributed by atoms with E-state index in [1.807, 2.05) is 73.0 Å². The molecule has 0 spiro atoms. The molecule has 0 saturated carbocycles. The molecule has 0 unspecified atom stereocenters. The summed E-state index contributed by atoms with van der Waals surface area (Å²) in [6, 6.07) is 20.5. The summed E-state index contributed by atoms with van der Waals surface area (Å²) in [5, 5.41) is 12.3. The number of carbonyl (C=O) groups excluding carboxylic acids is 2. The molecular weight excluding hydrogens is 390 g/mol. The van der Waals surface area contributed by atoms with Gasteiger partial charge in [0, 0.05) is 23.6 Å². The monoisotopic (exact) mass is 413 g/mol.